The van der Waals surface area contributed by atoms with Gasteiger partial charge in [0.25, 0.3) is 0 Å². The Bertz CT molecular complexity index is 294. The molecule has 0 fully saturated rings. The Balaban J connectivity index is 2.39. The molecule has 0 aliphatic carbocycles. The number of carbonyl (C=O) groups is 1. The van der Waals surface area contributed by atoms with Crippen LogP contribution in [0, 0.1) is 5.92 Å². The summed E-state index contributed by atoms with van der Waals surface area (Å²) in [5, 5.41) is 4.06. The number of carbonyl (C=O) groups excluding carboxylic acids is 1. The van der Waals surface area contributed by atoms with Crippen molar-refractivity contribution in [3.8, 4) is 0 Å². The fourth-order valence-electron chi connectivity index (χ4n) is 0.974. The normalized spacial score (nSPS) is 10.8. The van der Waals surface area contributed by atoms with Crippen LogP contribution in [-0.2, 0) is 11.3 Å². The van der Waals surface area contributed by atoms with Crippen LogP contribution in [0.15, 0.2) is 16.9 Å². The van der Waals surface area contributed by atoms with Crippen LogP contribution in [0.25, 0.3) is 0 Å². The molecule has 1 rings (SSSR count). The van der Waals surface area contributed by atoms with E-state index in [0.717, 1.165) is 4.47 Å². The van der Waals surface area contributed by atoms with E-state index < -0.39 is 0 Å². The number of rotatable bonds is 4. The first-order valence-electron chi connectivity index (χ1n) is 4.30. The van der Waals surface area contributed by atoms with Crippen molar-refractivity contribution >= 4 is 21.7 Å². The zero-order chi connectivity index (χ0) is 9.84. The minimum Gasteiger partial charge on any atom is -0.299 e. The predicted octanol–water partition coefficient (Wildman–Crippen LogP) is 2.26. The van der Waals surface area contributed by atoms with Gasteiger partial charge in [-0.15, -0.1) is 0 Å². The van der Waals surface area contributed by atoms with Crippen molar-refractivity contribution in [2.24, 2.45) is 5.92 Å². The molecule has 0 aromatic carbocycles. The molecule has 0 unspecified atom stereocenters. The Morgan fingerprint density at radius 2 is 2.38 bits per heavy atom. The third-order valence-corrected chi connectivity index (χ3v) is 2.24. The molecule has 0 N–H and O–H groups in total. The summed E-state index contributed by atoms with van der Waals surface area (Å²) in [5.41, 5.74) is 0. The van der Waals surface area contributed by atoms with E-state index in [9.17, 15) is 4.79 Å². The smallest absolute Gasteiger partial charge is 0.137 e. The van der Waals surface area contributed by atoms with Crippen molar-refractivity contribution in [2.45, 2.75) is 26.8 Å². The van der Waals surface area contributed by atoms with Gasteiger partial charge >= 0.3 is 0 Å². The Labute approximate surface area is 86.3 Å². The average molecular weight is 245 g/mol. The number of aryl methyl sites for hydroxylation is 1. The van der Waals surface area contributed by atoms with Crippen molar-refractivity contribution in [3.63, 3.8) is 0 Å². The van der Waals surface area contributed by atoms with E-state index in [1.807, 2.05) is 20.0 Å². The highest BCUT2D eigenvalue weighted by Crippen LogP contribution is 2.07. The maximum Gasteiger partial charge on any atom is 0.137 e. The lowest BCUT2D eigenvalue weighted by molar-refractivity contribution is -0.122. The summed E-state index contributed by atoms with van der Waals surface area (Å²) in [6, 6.07) is 0. The van der Waals surface area contributed by atoms with Crippen molar-refractivity contribution in [2.75, 3.05) is 0 Å². The summed E-state index contributed by atoms with van der Waals surface area (Å²) in [4.78, 5) is 11.3. The van der Waals surface area contributed by atoms with Crippen LogP contribution in [0.4, 0.5) is 0 Å². The molecule has 0 saturated carbocycles. The Morgan fingerprint density at radius 3 is 2.85 bits per heavy atom. The number of hydrogen-bond acceptors (Lipinski definition) is 2. The first-order chi connectivity index (χ1) is 6.09. The second-order valence-corrected chi connectivity index (χ2v) is 4.21. The Kier molecular flexibility index (Phi) is 3.66. The highest BCUT2D eigenvalue weighted by Gasteiger charge is 2.06. The van der Waals surface area contributed by atoms with Crippen LogP contribution < -0.4 is 0 Å². The highest BCUT2D eigenvalue weighted by molar-refractivity contribution is 9.10. The number of hydrogen-bond donors (Lipinski definition) is 0. The maximum absolute atomic E-state index is 11.3. The first-order valence-corrected chi connectivity index (χ1v) is 5.09. The zero-order valence-electron chi connectivity index (χ0n) is 7.83. The molecule has 0 saturated heterocycles. The number of Topliss-reactive ketones (excluding diaryl/α,β-unsaturated/α-hetero) is 1. The van der Waals surface area contributed by atoms with Crippen LogP contribution >= 0.6 is 15.9 Å². The standard InChI is InChI=1S/C9H13BrN2O/c1-7(2)9(13)3-4-12-6-8(10)5-11-12/h5-7H,3-4H2,1-2H3. The number of aromatic nitrogens is 2. The fourth-order valence-corrected chi connectivity index (χ4v) is 1.30. The van der Waals surface area contributed by atoms with Gasteiger partial charge in [-0.3, -0.25) is 9.48 Å². The number of ketones is 1. The van der Waals surface area contributed by atoms with Gasteiger partial charge in [-0.1, -0.05) is 13.8 Å². The molecule has 1 aromatic rings. The summed E-state index contributed by atoms with van der Waals surface area (Å²) < 4.78 is 2.72. The highest BCUT2D eigenvalue weighted by atomic mass is 79.9. The van der Waals surface area contributed by atoms with Crippen LogP contribution in [0.5, 0.6) is 0 Å². The summed E-state index contributed by atoms with van der Waals surface area (Å²) in [6.45, 7) is 4.51. The van der Waals surface area contributed by atoms with Crippen molar-refractivity contribution in [3.05, 3.63) is 16.9 Å². The van der Waals surface area contributed by atoms with Crippen molar-refractivity contribution < 1.29 is 4.79 Å². The second kappa shape index (κ2) is 4.56. The fraction of sp³-hybridized carbons (Fsp3) is 0.556. The summed E-state index contributed by atoms with van der Waals surface area (Å²) in [5.74, 6) is 0.408. The molecule has 0 aliphatic rings. The number of nitrogens with zero attached hydrogens (tertiary/aromatic N) is 2. The van der Waals surface area contributed by atoms with Crippen molar-refractivity contribution in [1.82, 2.24) is 9.78 Å². The van der Waals surface area contributed by atoms with Gasteiger partial charge < -0.3 is 0 Å². The Morgan fingerprint density at radius 1 is 1.69 bits per heavy atom. The van der Waals surface area contributed by atoms with E-state index in [4.69, 9.17) is 0 Å². The summed E-state index contributed by atoms with van der Waals surface area (Å²) in [6.07, 6.45) is 4.15. The molecule has 0 spiro atoms. The average Bonchev–Trinajstić information content (AvgIpc) is 2.47. The lowest BCUT2D eigenvalue weighted by Gasteiger charge is -2.03. The van der Waals surface area contributed by atoms with Gasteiger partial charge in [0.15, 0.2) is 0 Å². The van der Waals surface area contributed by atoms with Crippen LogP contribution in [-0.4, -0.2) is 15.6 Å². The van der Waals surface area contributed by atoms with Gasteiger partial charge in [-0.25, -0.2) is 0 Å². The topological polar surface area (TPSA) is 34.9 Å². The molecule has 0 amide bonds. The van der Waals surface area contributed by atoms with E-state index in [2.05, 4.69) is 21.0 Å². The van der Waals surface area contributed by atoms with Crippen LogP contribution in [0.3, 0.4) is 0 Å². The minimum atomic E-state index is 0.124. The molecule has 0 atom stereocenters. The van der Waals surface area contributed by atoms with Gasteiger partial charge in [-0.2, -0.15) is 5.10 Å². The van der Waals surface area contributed by atoms with Gasteiger partial charge in [0, 0.05) is 25.1 Å². The molecule has 4 heteroatoms. The molecule has 0 aliphatic heterocycles. The molecule has 3 nitrogen and oxygen atoms in total. The maximum atomic E-state index is 11.3. The molecule has 0 radical (unpaired) electrons. The SMILES string of the molecule is CC(C)C(=O)CCn1cc(Br)cn1. The van der Waals surface area contributed by atoms with E-state index in [1.165, 1.54) is 0 Å². The van der Waals surface area contributed by atoms with E-state index in [-0.39, 0.29) is 11.7 Å². The van der Waals surface area contributed by atoms with Crippen LogP contribution in [0.2, 0.25) is 0 Å². The van der Waals surface area contributed by atoms with Gasteiger partial charge in [0.05, 0.1) is 10.7 Å². The largest absolute Gasteiger partial charge is 0.299 e. The lowest BCUT2D eigenvalue weighted by Crippen LogP contribution is -2.11. The van der Waals surface area contributed by atoms with E-state index in [1.54, 1.807) is 10.9 Å². The van der Waals surface area contributed by atoms with Gasteiger partial charge in [0.1, 0.15) is 5.78 Å². The molecule has 1 heterocycles. The minimum absolute atomic E-state index is 0.124. The second-order valence-electron chi connectivity index (χ2n) is 3.29. The summed E-state index contributed by atoms with van der Waals surface area (Å²) in [7, 11) is 0. The number of halogens is 1. The molecule has 72 valence electrons. The first kappa shape index (κ1) is 10.4. The van der Waals surface area contributed by atoms with Gasteiger partial charge in [-0.05, 0) is 15.9 Å². The molecular weight excluding hydrogens is 232 g/mol. The van der Waals surface area contributed by atoms with Crippen molar-refractivity contribution in [1.29, 1.82) is 0 Å². The van der Waals surface area contributed by atoms with Crippen LogP contribution in [0.1, 0.15) is 20.3 Å². The molecule has 1 aromatic heterocycles. The molecule has 13 heavy (non-hydrogen) atoms. The monoisotopic (exact) mass is 244 g/mol. The zero-order valence-corrected chi connectivity index (χ0v) is 9.41. The quantitative estimate of drug-likeness (QED) is 0.815. The third kappa shape index (κ3) is 3.30. The Hall–Kier alpha value is -0.640. The lowest BCUT2D eigenvalue weighted by atomic mass is 10.1. The van der Waals surface area contributed by atoms with Gasteiger partial charge in [0.2, 0.25) is 0 Å². The predicted molar refractivity (Wildman–Crippen MR) is 54.4 cm³/mol. The van der Waals surface area contributed by atoms with E-state index >= 15 is 0 Å². The third-order valence-electron chi connectivity index (χ3n) is 1.83. The summed E-state index contributed by atoms with van der Waals surface area (Å²) >= 11 is 3.30. The molecular formula is C9H13BrN2O. The van der Waals surface area contributed by atoms with E-state index in [0.29, 0.717) is 13.0 Å². The molecule has 0 bridgehead atoms.